The molecule has 2 aromatic carbocycles. The minimum atomic E-state index is -0.384. The van der Waals surface area contributed by atoms with Gasteiger partial charge >= 0.3 is 5.63 Å². The van der Waals surface area contributed by atoms with Crippen LogP contribution in [0.5, 0.6) is 5.75 Å². The van der Waals surface area contributed by atoms with Crippen LogP contribution in [0.4, 0.5) is 11.4 Å². The van der Waals surface area contributed by atoms with Gasteiger partial charge < -0.3 is 19.4 Å². The molecule has 1 aliphatic rings. The molecule has 1 fully saturated rings. The Balaban J connectivity index is 1.50. The number of fused-ring (bicyclic) bond motifs is 1. The molecule has 1 amide bonds. The maximum absolute atomic E-state index is 12.1. The van der Waals surface area contributed by atoms with Gasteiger partial charge in [0, 0.05) is 62.9 Å². The first-order chi connectivity index (χ1) is 14.5. The van der Waals surface area contributed by atoms with Crippen molar-refractivity contribution in [3.8, 4) is 5.75 Å². The largest absolute Gasteiger partial charge is 0.495 e. The summed E-state index contributed by atoms with van der Waals surface area (Å²) in [5, 5.41) is 3.60. The third kappa shape index (κ3) is 4.31. The number of hydrogen-bond acceptors (Lipinski definition) is 6. The van der Waals surface area contributed by atoms with E-state index in [4.69, 9.17) is 9.15 Å². The summed E-state index contributed by atoms with van der Waals surface area (Å²) in [6, 6.07) is 15.0. The predicted octanol–water partition coefficient (Wildman–Crippen LogP) is 3.08. The zero-order valence-electron chi connectivity index (χ0n) is 17.2. The van der Waals surface area contributed by atoms with Gasteiger partial charge in [-0.15, -0.1) is 0 Å². The highest BCUT2D eigenvalue weighted by Gasteiger charge is 2.20. The summed E-state index contributed by atoms with van der Waals surface area (Å²) in [5.41, 5.74) is 2.75. The molecule has 0 spiro atoms. The molecule has 7 heteroatoms. The molecule has 2 heterocycles. The minimum absolute atomic E-state index is 0.166. The van der Waals surface area contributed by atoms with Gasteiger partial charge in [-0.25, -0.2) is 4.79 Å². The summed E-state index contributed by atoms with van der Waals surface area (Å²) >= 11 is 0. The summed E-state index contributed by atoms with van der Waals surface area (Å²) in [6.45, 7) is 5.63. The summed E-state index contributed by atoms with van der Waals surface area (Å²) in [4.78, 5) is 28.0. The lowest BCUT2D eigenvalue weighted by molar-refractivity contribution is -0.114. The van der Waals surface area contributed by atoms with Crippen molar-refractivity contribution < 1.29 is 13.9 Å². The Bertz CT molecular complexity index is 1120. The number of methoxy groups -OCH3 is 1. The molecule has 3 aromatic rings. The molecule has 0 unspecified atom stereocenters. The number of rotatable bonds is 5. The van der Waals surface area contributed by atoms with E-state index in [1.807, 2.05) is 30.3 Å². The van der Waals surface area contributed by atoms with Gasteiger partial charge in [-0.05, 0) is 29.8 Å². The number of para-hydroxylation sites is 2. The van der Waals surface area contributed by atoms with Crippen LogP contribution >= 0.6 is 0 Å². The van der Waals surface area contributed by atoms with Crippen molar-refractivity contribution in [1.29, 1.82) is 0 Å². The number of carbonyl (C=O) groups is 1. The van der Waals surface area contributed by atoms with Gasteiger partial charge in [0.25, 0.3) is 0 Å². The molecule has 30 heavy (non-hydrogen) atoms. The van der Waals surface area contributed by atoms with E-state index in [0.717, 1.165) is 48.6 Å². The van der Waals surface area contributed by atoms with Gasteiger partial charge in [-0.3, -0.25) is 9.69 Å². The predicted molar refractivity (Wildman–Crippen MR) is 117 cm³/mol. The van der Waals surface area contributed by atoms with Gasteiger partial charge in [-0.2, -0.15) is 0 Å². The number of amides is 1. The van der Waals surface area contributed by atoms with Gasteiger partial charge in [0.05, 0.1) is 12.8 Å². The monoisotopic (exact) mass is 407 g/mol. The number of nitrogens with zero attached hydrogens (tertiary/aromatic N) is 2. The number of piperazine rings is 1. The molecule has 0 radical (unpaired) electrons. The van der Waals surface area contributed by atoms with Crippen LogP contribution in [0.15, 0.2) is 57.7 Å². The maximum atomic E-state index is 12.1. The van der Waals surface area contributed by atoms with Crippen LogP contribution in [-0.4, -0.2) is 44.1 Å². The highest BCUT2D eigenvalue weighted by Crippen LogP contribution is 2.29. The molecule has 0 saturated carbocycles. The van der Waals surface area contributed by atoms with E-state index in [9.17, 15) is 9.59 Å². The molecular weight excluding hydrogens is 382 g/mol. The summed E-state index contributed by atoms with van der Waals surface area (Å²) in [5.74, 6) is 0.716. The Morgan fingerprint density at radius 1 is 1.10 bits per heavy atom. The molecule has 1 aliphatic heterocycles. The van der Waals surface area contributed by atoms with Crippen LogP contribution in [-0.2, 0) is 11.3 Å². The molecule has 156 valence electrons. The van der Waals surface area contributed by atoms with E-state index < -0.39 is 0 Å². The summed E-state index contributed by atoms with van der Waals surface area (Å²) in [6.07, 6.45) is 0. The van der Waals surface area contributed by atoms with Gasteiger partial charge in [0.2, 0.25) is 5.91 Å². The molecule has 1 saturated heterocycles. The minimum Gasteiger partial charge on any atom is -0.495 e. The lowest BCUT2D eigenvalue weighted by atomic mass is 10.1. The Labute approximate surface area is 174 Å². The Morgan fingerprint density at radius 3 is 2.60 bits per heavy atom. The molecule has 0 bridgehead atoms. The van der Waals surface area contributed by atoms with Crippen molar-refractivity contribution in [3.63, 3.8) is 0 Å². The topological polar surface area (TPSA) is 75.0 Å². The van der Waals surface area contributed by atoms with Crippen LogP contribution in [0, 0.1) is 0 Å². The number of carbonyl (C=O) groups excluding carboxylic acids is 1. The molecule has 1 aromatic heterocycles. The molecular formula is C23H25N3O4. The number of anilines is 2. The smallest absolute Gasteiger partial charge is 0.336 e. The van der Waals surface area contributed by atoms with E-state index in [-0.39, 0.29) is 11.5 Å². The average Bonchev–Trinajstić information content (AvgIpc) is 2.73. The Kier molecular flexibility index (Phi) is 5.72. The van der Waals surface area contributed by atoms with Crippen LogP contribution in [0.3, 0.4) is 0 Å². The van der Waals surface area contributed by atoms with Crippen molar-refractivity contribution in [3.05, 3.63) is 64.5 Å². The van der Waals surface area contributed by atoms with Crippen LogP contribution < -0.4 is 20.6 Å². The van der Waals surface area contributed by atoms with Crippen molar-refractivity contribution >= 4 is 28.3 Å². The van der Waals surface area contributed by atoms with E-state index in [1.165, 1.54) is 6.92 Å². The number of benzene rings is 2. The quantitative estimate of drug-likeness (QED) is 0.655. The number of hydrogen-bond donors (Lipinski definition) is 1. The summed E-state index contributed by atoms with van der Waals surface area (Å²) in [7, 11) is 1.69. The zero-order chi connectivity index (χ0) is 21.1. The summed E-state index contributed by atoms with van der Waals surface area (Å²) < 4.78 is 10.9. The third-order valence-corrected chi connectivity index (χ3v) is 5.34. The van der Waals surface area contributed by atoms with Crippen molar-refractivity contribution in [2.24, 2.45) is 0 Å². The van der Waals surface area contributed by atoms with Crippen molar-refractivity contribution in [1.82, 2.24) is 4.90 Å². The van der Waals surface area contributed by atoms with Gasteiger partial charge in [0.15, 0.2) is 0 Å². The third-order valence-electron chi connectivity index (χ3n) is 5.34. The van der Waals surface area contributed by atoms with Gasteiger partial charge in [-0.1, -0.05) is 12.1 Å². The first kappa shape index (κ1) is 20.0. The highest BCUT2D eigenvalue weighted by atomic mass is 16.5. The second-order valence-electron chi connectivity index (χ2n) is 7.42. The fourth-order valence-electron chi connectivity index (χ4n) is 3.92. The van der Waals surface area contributed by atoms with E-state index in [1.54, 1.807) is 19.2 Å². The molecule has 1 N–H and O–H groups in total. The Hall–Kier alpha value is -3.32. The van der Waals surface area contributed by atoms with Crippen LogP contribution in [0.25, 0.3) is 11.0 Å². The number of ether oxygens (including phenoxy) is 1. The van der Waals surface area contributed by atoms with Gasteiger partial charge in [0.1, 0.15) is 11.3 Å². The zero-order valence-corrected chi connectivity index (χ0v) is 17.2. The normalized spacial score (nSPS) is 14.7. The SMILES string of the molecule is COc1ccccc1N1CCN(Cc2cc(=O)oc3cc(NC(C)=O)ccc23)CC1. The average molecular weight is 407 g/mol. The van der Waals surface area contributed by atoms with Crippen LogP contribution in [0.2, 0.25) is 0 Å². The molecule has 7 nitrogen and oxygen atoms in total. The van der Waals surface area contributed by atoms with E-state index in [0.29, 0.717) is 17.8 Å². The fraction of sp³-hybridized carbons (Fsp3) is 0.304. The first-order valence-corrected chi connectivity index (χ1v) is 9.98. The fourth-order valence-corrected chi connectivity index (χ4v) is 3.92. The molecule has 4 rings (SSSR count). The second-order valence-corrected chi connectivity index (χ2v) is 7.42. The van der Waals surface area contributed by atoms with E-state index >= 15 is 0 Å². The standard InChI is InChI=1S/C23H25N3O4/c1-16(27)24-18-7-8-19-17(13-23(28)30-22(19)14-18)15-25-9-11-26(12-10-25)20-5-3-4-6-21(20)29-2/h3-8,13-14H,9-12,15H2,1-2H3,(H,24,27). The lowest BCUT2D eigenvalue weighted by Gasteiger charge is -2.36. The maximum Gasteiger partial charge on any atom is 0.336 e. The van der Waals surface area contributed by atoms with Crippen molar-refractivity contribution in [2.45, 2.75) is 13.5 Å². The van der Waals surface area contributed by atoms with E-state index in [2.05, 4.69) is 21.2 Å². The molecule has 0 atom stereocenters. The first-order valence-electron chi connectivity index (χ1n) is 9.98. The highest BCUT2D eigenvalue weighted by molar-refractivity contribution is 5.92. The van der Waals surface area contributed by atoms with Crippen LogP contribution in [0.1, 0.15) is 12.5 Å². The molecule has 0 aliphatic carbocycles. The second kappa shape index (κ2) is 8.59. The lowest BCUT2D eigenvalue weighted by Crippen LogP contribution is -2.46. The van der Waals surface area contributed by atoms with Crippen molar-refractivity contribution in [2.75, 3.05) is 43.5 Å². The Morgan fingerprint density at radius 2 is 1.87 bits per heavy atom. The number of nitrogens with one attached hydrogen (secondary N) is 1.